The summed E-state index contributed by atoms with van der Waals surface area (Å²) < 4.78 is 8.37. The van der Waals surface area contributed by atoms with Crippen LogP contribution >= 0.6 is 0 Å². The number of nitrogens with zero attached hydrogens (tertiary/aromatic N) is 1. The molecule has 4 aliphatic rings. The number of carbonyl (C=O) groups is 1. The van der Waals surface area contributed by atoms with Crippen LogP contribution in [0.2, 0.25) is 0 Å². The van der Waals surface area contributed by atoms with Crippen LogP contribution in [0.4, 0.5) is 0 Å². The van der Waals surface area contributed by atoms with Crippen molar-refractivity contribution in [2.45, 2.75) is 76.9 Å². The summed E-state index contributed by atoms with van der Waals surface area (Å²) in [6.07, 6.45) is 13.3. The minimum Gasteiger partial charge on any atom is -0.508 e. The molecular weight excluding hydrogens is 398 g/mol. The first-order valence-electron chi connectivity index (χ1n) is 12.5. The lowest BCUT2D eigenvalue weighted by Crippen LogP contribution is -2.45. The molecule has 3 saturated carbocycles. The second-order valence-corrected chi connectivity index (χ2v) is 11.0. The van der Waals surface area contributed by atoms with Gasteiger partial charge in [-0.25, -0.2) is 9.36 Å². The summed E-state index contributed by atoms with van der Waals surface area (Å²) in [5.74, 6) is 2.86. The van der Waals surface area contributed by atoms with Crippen LogP contribution in [-0.2, 0) is 17.7 Å². The Kier molecular flexibility index (Phi) is 4.81. The molecule has 0 unspecified atom stereocenters. The number of hydrogen-bond acceptors (Lipinski definition) is 3. The average Bonchev–Trinajstić information content (AvgIpc) is 3.54. The van der Waals surface area contributed by atoms with Crippen molar-refractivity contribution in [2.24, 2.45) is 23.2 Å². The number of aryl methyl sites for hydroxylation is 1. The molecule has 0 spiro atoms. The summed E-state index contributed by atoms with van der Waals surface area (Å²) in [5, 5.41) is 9.90. The average molecular weight is 433 g/mol. The number of carbonyl (C=O) groups excluding carboxylic acids is 1. The molecule has 3 fully saturated rings. The van der Waals surface area contributed by atoms with Gasteiger partial charge in [0.1, 0.15) is 17.4 Å². The maximum absolute atomic E-state index is 13.1. The third-order valence-corrected chi connectivity index (χ3v) is 9.13. The zero-order chi connectivity index (χ0) is 21.9. The van der Waals surface area contributed by atoms with Crippen LogP contribution in [0.3, 0.4) is 0 Å². The van der Waals surface area contributed by atoms with Crippen molar-refractivity contribution in [1.29, 1.82) is 0 Å². The highest BCUT2D eigenvalue weighted by Gasteiger charge is 2.56. The summed E-state index contributed by atoms with van der Waals surface area (Å²) in [5.41, 5.74) is 3.54. The zero-order valence-corrected chi connectivity index (χ0v) is 19.0. The molecule has 5 atom stereocenters. The van der Waals surface area contributed by atoms with Gasteiger partial charge in [0.05, 0.1) is 0 Å². The van der Waals surface area contributed by atoms with Gasteiger partial charge in [-0.05, 0) is 98.4 Å². The molecule has 32 heavy (non-hydrogen) atoms. The molecule has 0 amide bonds. The van der Waals surface area contributed by atoms with Gasteiger partial charge >= 0.3 is 5.97 Å². The molecule has 0 saturated heterocycles. The van der Waals surface area contributed by atoms with E-state index in [1.165, 1.54) is 30.4 Å². The fourth-order valence-electron chi connectivity index (χ4n) is 7.27. The van der Waals surface area contributed by atoms with Crippen molar-refractivity contribution >= 4 is 5.97 Å². The molecule has 1 heterocycles. The van der Waals surface area contributed by atoms with Crippen LogP contribution in [0.5, 0.6) is 5.75 Å². The number of esters is 1. The van der Waals surface area contributed by atoms with Crippen LogP contribution in [0.1, 0.15) is 79.3 Å². The molecule has 0 bridgehead atoms. The van der Waals surface area contributed by atoms with E-state index >= 15 is 0 Å². The second-order valence-electron chi connectivity index (χ2n) is 11.0. The Morgan fingerprint density at radius 3 is 2.88 bits per heavy atom. The van der Waals surface area contributed by atoms with Gasteiger partial charge in [-0.3, -0.25) is 0 Å². The van der Waals surface area contributed by atoms with Gasteiger partial charge in [-0.2, -0.15) is 0 Å². The fraction of sp³-hybridized carbons (Fsp3) is 0.571. The zero-order valence-electron chi connectivity index (χ0n) is 19.0. The Balaban J connectivity index is 1.18. The first kappa shape index (κ1) is 20.3. The number of phenols is 1. The molecule has 4 nitrogen and oxygen atoms in total. The molecule has 168 valence electrons. The van der Waals surface area contributed by atoms with Gasteiger partial charge < -0.3 is 9.84 Å². The predicted octanol–water partition coefficient (Wildman–Crippen LogP) is 5.17. The highest BCUT2D eigenvalue weighted by Crippen LogP contribution is 2.61. The molecule has 1 aromatic heterocycles. The summed E-state index contributed by atoms with van der Waals surface area (Å²) >= 11 is 0. The lowest BCUT2D eigenvalue weighted by molar-refractivity contribution is -0.700. The number of phenolic OH excluding ortho intramolecular Hbond substituents is 1. The van der Waals surface area contributed by atoms with E-state index in [0.717, 1.165) is 44.6 Å². The number of pyridine rings is 1. The van der Waals surface area contributed by atoms with Crippen molar-refractivity contribution in [1.82, 2.24) is 0 Å². The van der Waals surface area contributed by atoms with Gasteiger partial charge in [0.2, 0.25) is 0 Å². The number of aromatic hydroxyl groups is 1. The van der Waals surface area contributed by atoms with E-state index in [4.69, 9.17) is 4.74 Å². The summed E-state index contributed by atoms with van der Waals surface area (Å²) in [7, 11) is 0. The Hall–Kier alpha value is -2.36. The van der Waals surface area contributed by atoms with E-state index < -0.39 is 0 Å². The lowest BCUT2D eigenvalue weighted by atomic mass is 9.55. The van der Waals surface area contributed by atoms with Crippen LogP contribution in [0.25, 0.3) is 0 Å². The van der Waals surface area contributed by atoms with Gasteiger partial charge in [0.25, 0.3) is 0 Å². The first-order valence-corrected chi connectivity index (χ1v) is 12.5. The lowest BCUT2D eigenvalue weighted by Gasteiger charge is -2.50. The van der Waals surface area contributed by atoms with E-state index in [0.29, 0.717) is 29.1 Å². The fourth-order valence-corrected chi connectivity index (χ4v) is 7.27. The van der Waals surface area contributed by atoms with Crippen LogP contribution in [0, 0.1) is 23.2 Å². The van der Waals surface area contributed by atoms with E-state index in [-0.39, 0.29) is 17.5 Å². The number of benzene rings is 1. The smallest absolute Gasteiger partial charge is 0.344 e. The van der Waals surface area contributed by atoms with Crippen LogP contribution < -0.4 is 4.57 Å². The van der Waals surface area contributed by atoms with E-state index in [1.54, 1.807) is 0 Å². The Morgan fingerprint density at radius 2 is 2.03 bits per heavy atom. The molecule has 2 aromatic rings. The summed E-state index contributed by atoms with van der Waals surface area (Å²) in [6, 6.07) is 9.84. The van der Waals surface area contributed by atoms with Crippen molar-refractivity contribution in [3.63, 3.8) is 0 Å². The van der Waals surface area contributed by atoms with Gasteiger partial charge in [0, 0.05) is 17.4 Å². The molecule has 1 aromatic carbocycles. The highest BCUT2D eigenvalue weighted by atomic mass is 16.5. The predicted molar refractivity (Wildman–Crippen MR) is 121 cm³/mol. The number of rotatable bonds is 4. The topological polar surface area (TPSA) is 50.4 Å². The van der Waals surface area contributed by atoms with E-state index in [2.05, 4.69) is 23.8 Å². The quantitative estimate of drug-likeness (QED) is 0.536. The minimum atomic E-state index is -0.159. The third kappa shape index (κ3) is 3.43. The molecule has 4 heteroatoms. The maximum Gasteiger partial charge on any atom is 0.344 e. The highest BCUT2D eigenvalue weighted by molar-refractivity contribution is 5.88. The number of aromatic nitrogens is 1. The van der Waals surface area contributed by atoms with Crippen LogP contribution in [0.15, 0.2) is 42.7 Å². The Labute approximate surface area is 190 Å². The maximum atomic E-state index is 13.1. The Morgan fingerprint density at radius 1 is 1.16 bits per heavy atom. The van der Waals surface area contributed by atoms with Gasteiger partial charge in [0.15, 0.2) is 18.9 Å². The number of hydrogen-bond donors (Lipinski definition) is 1. The minimum absolute atomic E-state index is 0.0132. The second kappa shape index (κ2) is 7.60. The van der Waals surface area contributed by atoms with Gasteiger partial charge in [-0.15, -0.1) is 0 Å². The molecule has 4 aliphatic carbocycles. The van der Waals surface area contributed by atoms with E-state index in [1.807, 2.05) is 30.5 Å². The van der Waals surface area contributed by atoms with Crippen molar-refractivity contribution in [3.8, 4) is 5.75 Å². The van der Waals surface area contributed by atoms with Crippen molar-refractivity contribution in [2.75, 3.05) is 0 Å². The standard InChI is InChI=1S/C28H33NO3/c1-28-13-12-23-22-9-7-21(30)15-19(22)6-8-24(23)25(28)10-11-26(28)32-27(31)20-3-2-14-29(17-20)16-18-4-5-18/h2-3,7,9,14-15,17-18,23-26H,4-6,8,10-13,16H2,1H3/p+1/t23-,24-,25+,26-,28+/m1/s1. The van der Waals surface area contributed by atoms with E-state index in [9.17, 15) is 9.90 Å². The molecule has 0 aliphatic heterocycles. The molecular formula is C28H34NO3+. The molecule has 6 rings (SSSR count). The van der Waals surface area contributed by atoms with Crippen molar-refractivity contribution < 1.29 is 19.2 Å². The normalized spacial score (nSPS) is 33.2. The number of fused-ring (bicyclic) bond motifs is 5. The summed E-state index contributed by atoms with van der Waals surface area (Å²) in [6.45, 7) is 3.39. The molecule has 0 radical (unpaired) electrons. The van der Waals surface area contributed by atoms with Gasteiger partial charge in [-0.1, -0.05) is 13.0 Å². The first-order chi connectivity index (χ1) is 15.5. The third-order valence-electron chi connectivity index (χ3n) is 9.13. The largest absolute Gasteiger partial charge is 0.508 e. The van der Waals surface area contributed by atoms with Crippen molar-refractivity contribution in [3.05, 3.63) is 59.4 Å². The molecule has 1 N–H and O–H groups in total. The summed E-state index contributed by atoms with van der Waals surface area (Å²) in [4.78, 5) is 13.1. The van der Waals surface area contributed by atoms with Crippen LogP contribution in [-0.4, -0.2) is 17.2 Å². The SMILES string of the molecule is C[C@]12CC[C@@H]3c4ccc(O)cc4CC[C@H]3[C@@H]1CC[C@H]2OC(=O)c1ccc[n+](CC2CC2)c1. The number of ether oxygens (including phenoxy) is 1. The Bertz CT molecular complexity index is 1040. The monoisotopic (exact) mass is 432 g/mol.